The van der Waals surface area contributed by atoms with Crippen LogP contribution in [0.5, 0.6) is 0 Å². The molecule has 0 spiro atoms. The molecule has 1 aromatic rings. The zero-order valence-corrected chi connectivity index (χ0v) is 14.0. The van der Waals surface area contributed by atoms with E-state index in [-0.39, 0.29) is 12.0 Å². The Hall–Kier alpha value is -0.910. The summed E-state index contributed by atoms with van der Waals surface area (Å²) < 4.78 is 5.84. The first-order chi connectivity index (χ1) is 9.19. The van der Waals surface area contributed by atoms with Gasteiger partial charge in [0.2, 0.25) is 0 Å². The smallest absolute Gasteiger partial charge is 0.254 e. The highest BCUT2D eigenvalue weighted by molar-refractivity contribution is 9.10. The van der Waals surface area contributed by atoms with Gasteiger partial charge in [-0.2, -0.15) is 0 Å². The lowest BCUT2D eigenvalue weighted by Gasteiger charge is -2.28. The van der Waals surface area contributed by atoms with Crippen molar-refractivity contribution in [3.63, 3.8) is 0 Å². The van der Waals surface area contributed by atoms with E-state index in [1.165, 1.54) is 14.0 Å². The number of nitrogens with one attached hydrogen (secondary N) is 1. The van der Waals surface area contributed by atoms with Gasteiger partial charge in [-0.1, -0.05) is 41.9 Å². The number of hydrogen-bond acceptors (Lipinski definition) is 3. The Labute approximate surface area is 128 Å². The van der Waals surface area contributed by atoms with E-state index >= 15 is 0 Å². The van der Waals surface area contributed by atoms with Crippen molar-refractivity contribution >= 4 is 21.8 Å². The minimum atomic E-state index is -1.51. The molecular formula is C15H22BrNO3. The largest absolute Gasteiger partial charge is 0.381 e. The van der Waals surface area contributed by atoms with E-state index < -0.39 is 11.5 Å². The predicted octanol–water partition coefficient (Wildman–Crippen LogP) is 2.24. The van der Waals surface area contributed by atoms with Crippen molar-refractivity contribution in [3.05, 3.63) is 34.3 Å². The summed E-state index contributed by atoms with van der Waals surface area (Å²) in [4.78, 5) is 11.9. The molecule has 0 saturated heterocycles. The topological polar surface area (TPSA) is 58.6 Å². The molecule has 0 saturated carbocycles. The van der Waals surface area contributed by atoms with Crippen LogP contribution in [0.4, 0.5) is 0 Å². The van der Waals surface area contributed by atoms with Gasteiger partial charge in [0.05, 0.1) is 6.61 Å². The van der Waals surface area contributed by atoms with Crippen LogP contribution in [0.25, 0.3) is 0 Å². The maximum Gasteiger partial charge on any atom is 0.254 e. The van der Waals surface area contributed by atoms with Gasteiger partial charge in [-0.15, -0.1) is 0 Å². The molecule has 5 heteroatoms. The summed E-state index contributed by atoms with van der Waals surface area (Å²) in [7, 11) is 1.45. The molecule has 2 N–H and O–H groups in total. The third-order valence-corrected chi connectivity index (χ3v) is 3.70. The number of amides is 1. The van der Waals surface area contributed by atoms with Crippen LogP contribution in [0, 0.1) is 0 Å². The monoisotopic (exact) mass is 343 g/mol. The highest BCUT2D eigenvalue weighted by Crippen LogP contribution is 2.25. The molecule has 0 heterocycles. The summed E-state index contributed by atoms with van der Waals surface area (Å²) in [5.74, 6) is -0.428. The number of hydrogen-bond donors (Lipinski definition) is 2. The van der Waals surface area contributed by atoms with Crippen molar-refractivity contribution in [2.75, 3.05) is 20.3 Å². The molecule has 1 aromatic carbocycles. The van der Waals surface area contributed by atoms with Crippen LogP contribution < -0.4 is 5.32 Å². The third-order valence-electron chi connectivity index (χ3n) is 3.21. The molecule has 4 nitrogen and oxygen atoms in total. The minimum absolute atomic E-state index is 0.0316. The predicted molar refractivity (Wildman–Crippen MR) is 82.7 cm³/mol. The molecule has 0 aromatic heterocycles. The number of carbonyl (C=O) groups is 1. The Morgan fingerprint density at radius 2 is 2.05 bits per heavy atom. The molecule has 0 fully saturated rings. The van der Waals surface area contributed by atoms with Gasteiger partial charge in [0.25, 0.3) is 5.91 Å². The standard InChI is InChI=1S/C15H22BrNO3/c1-14(2,11-6-5-7-12(16)8-11)9-17-13(18)15(3,19)10-20-4/h5-8,19H,9-10H2,1-4H3,(H,17,18)/t15-/m0/s1. The lowest BCUT2D eigenvalue weighted by molar-refractivity contribution is -0.143. The first kappa shape index (κ1) is 17.1. The van der Waals surface area contributed by atoms with Crippen molar-refractivity contribution < 1.29 is 14.6 Å². The van der Waals surface area contributed by atoms with E-state index in [1.54, 1.807) is 0 Å². The van der Waals surface area contributed by atoms with Crippen LogP contribution in [0.15, 0.2) is 28.7 Å². The molecule has 0 bridgehead atoms. The van der Waals surface area contributed by atoms with E-state index in [4.69, 9.17) is 4.74 Å². The number of methoxy groups -OCH3 is 1. The fraction of sp³-hybridized carbons (Fsp3) is 0.533. The quantitative estimate of drug-likeness (QED) is 0.832. The molecule has 1 rings (SSSR count). The second-order valence-electron chi connectivity index (χ2n) is 5.78. The maximum atomic E-state index is 11.9. The fourth-order valence-corrected chi connectivity index (χ4v) is 2.25. The van der Waals surface area contributed by atoms with E-state index in [9.17, 15) is 9.90 Å². The van der Waals surface area contributed by atoms with Gasteiger partial charge >= 0.3 is 0 Å². The zero-order valence-electron chi connectivity index (χ0n) is 12.4. The van der Waals surface area contributed by atoms with Crippen molar-refractivity contribution in [1.29, 1.82) is 0 Å². The van der Waals surface area contributed by atoms with Crippen LogP contribution >= 0.6 is 15.9 Å². The molecule has 20 heavy (non-hydrogen) atoms. The second-order valence-corrected chi connectivity index (χ2v) is 6.70. The summed E-state index contributed by atoms with van der Waals surface area (Å²) in [6, 6.07) is 7.97. The number of rotatable bonds is 6. The Morgan fingerprint density at radius 1 is 1.40 bits per heavy atom. The summed E-state index contributed by atoms with van der Waals surface area (Å²) in [6.45, 7) is 5.93. The average molecular weight is 344 g/mol. The van der Waals surface area contributed by atoms with E-state index in [0.29, 0.717) is 6.54 Å². The van der Waals surface area contributed by atoms with E-state index in [2.05, 4.69) is 21.2 Å². The normalized spacial score (nSPS) is 14.7. The molecule has 0 unspecified atom stereocenters. The van der Waals surface area contributed by atoms with Crippen LogP contribution in [-0.2, 0) is 14.9 Å². The first-order valence-electron chi connectivity index (χ1n) is 6.45. The summed E-state index contributed by atoms with van der Waals surface area (Å²) in [5.41, 5.74) is -0.636. The maximum absolute atomic E-state index is 11.9. The van der Waals surface area contributed by atoms with Gasteiger partial charge in [0.1, 0.15) is 0 Å². The van der Waals surface area contributed by atoms with Gasteiger partial charge < -0.3 is 15.2 Å². The zero-order chi connectivity index (χ0) is 15.4. The Kier molecular flexibility index (Phi) is 5.74. The lowest BCUT2D eigenvalue weighted by Crippen LogP contribution is -2.50. The lowest BCUT2D eigenvalue weighted by atomic mass is 9.84. The van der Waals surface area contributed by atoms with Gasteiger partial charge in [-0.3, -0.25) is 4.79 Å². The Morgan fingerprint density at radius 3 is 2.60 bits per heavy atom. The average Bonchev–Trinajstić information content (AvgIpc) is 2.36. The van der Waals surface area contributed by atoms with Gasteiger partial charge in [-0.25, -0.2) is 0 Å². The Bertz CT molecular complexity index is 472. The molecule has 1 amide bonds. The summed E-state index contributed by atoms with van der Waals surface area (Å²) in [6.07, 6.45) is 0. The highest BCUT2D eigenvalue weighted by atomic mass is 79.9. The third kappa shape index (κ3) is 4.58. The molecular weight excluding hydrogens is 322 g/mol. The summed E-state index contributed by atoms with van der Waals surface area (Å²) in [5, 5.41) is 12.7. The van der Waals surface area contributed by atoms with Crippen molar-refractivity contribution in [3.8, 4) is 0 Å². The summed E-state index contributed by atoms with van der Waals surface area (Å²) >= 11 is 3.44. The first-order valence-corrected chi connectivity index (χ1v) is 7.24. The fourth-order valence-electron chi connectivity index (χ4n) is 1.85. The molecule has 0 radical (unpaired) electrons. The number of benzene rings is 1. The number of aliphatic hydroxyl groups is 1. The molecule has 0 aliphatic carbocycles. The second kappa shape index (κ2) is 6.70. The van der Waals surface area contributed by atoms with Gasteiger partial charge in [-0.05, 0) is 24.6 Å². The minimum Gasteiger partial charge on any atom is -0.381 e. The molecule has 0 aliphatic rings. The highest BCUT2D eigenvalue weighted by Gasteiger charge is 2.31. The number of carbonyl (C=O) groups excluding carboxylic acids is 1. The van der Waals surface area contributed by atoms with Crippen LogP contribution in [-0.4, -0.2) is 36.9 Å². The van der Waals surface area contributed by atoms with Crippen molar-refractivity contribution in [2.24, 2.45) is 0 Å². The van der Waals surface area contributed by atoms with Crippen LogP contribution in [0.1, 0.15) is 26.3 Å². The van der Waals surface area contributed by atoms with E-state index in [1.807, 2.05) is 38.1 Å². The van der Waals surface area contributed by atoms with E-state index in [0.717, 1.165) is 10.0 Å². The number of ether oxygens (including phenoxy) is 1. The van der Waals surface area contributed by atoms with Crippen molar-refractivity contribution in [2.45, 2.75) is 31.8 Å². The molecule has 0 aliphatic heterocycles. The van der Waals surface area contributed by atoms with Crippen LogP contribution in [0.3, 0.4) is 0 Å². The van der Waals surface area contributed by atoms with Gasteiger partial charge in [0.15, 0.2) is 5.60 Å². The Balaban J connectivity index is 2.71. The van der Waals surface area contributed by atoms with Crippen LogP contribution in [0.2, 0.25) is 0 Å². The molecule has 1 atom stereocenters. The van der Waals surface area contributed by atoms with Gasteiger partial charge in [0, 0.05) is 23.5 Å². The molecule has 112 valence electrons. The SMILES string of the molecule is COC[C@](C)(O)C(=O)NCC(C)(C)c1cccc(Br)c1. The van der Waals surface area contributed by atoms with Crippen molar-refractivity contribution in [1.82, 2.24) is 5.32 Å². The number of halogens is 1.